The molecule has 0 aromatic carbocycles. The van der Waals surface area contributed by atoms with Gasteiger partial charge in [-0.25, -0.2) is 0 Å². The lowest BCUT2D eigenvalue weighted by atomic mass is 10.2. The Balaban J connectivity index is 1.57. The van der Waals surface area contributed by atoms with Gasteiger partial charge < -0.3 is 5.11 Å². The van der Waals surface area contributed by atoms with Gasteiger partial charge >= 0.3 is 5.97 Å². The zero-order valence-corrected chi connectivity index (χ0v) is 8.35. The van der Waals surface area contributed by atoms with E-state index in [2.05, 4.69) is 4.90 Å². The highest BCUT2D eigenvalue weighted by molar-refractivity contribution is 5.74. The van der Waals surface area contributed by atoms with Crippen LogP contribution in [0.2, 0.25) is 0 Å². The van der Waals surface area contributed by atoms with Crippen molar-refractivity contribution in [3.63, 3.8) is 0 Å². The lowest BCUT2D eigenvalue weighted by molar-refractivity contribution is -0.139. The minimum absolute atomic E-state index is 0.00709. The van der Waals surface area contributed by atoms with E-state index in [9.17, 15) is 4.79 Å². The predicted molar refractivity (Wildman–Crippen MR) is 51.9 cm³/mol. The highest BCUT2D eigenvalue weighted by Gasteiger charge is 2.60. The third-order valence-electron chi connectivity index (χ3n) is 4.35. The fourth-order valence-electron chi connectivity index (χ4n) is 3.49. The van der Waals surface area contributed by atoms with E-state index in [0.29, 0.717) is 11.8 Å². The first-order valence-corrected chi connectivity index (χ1v) is 5.74. The molecule has 1 heterocycles. The quantitative estimate of drug-likeness (QED) is 0.719. The standard InChI is InChI=1S/C11H17NO2/c13-11(14)10-8-5-12(6-9(8)10)7-3-1-2-4-7/h7-10H,1-6H2,(H,13,14). The van der Waals surface area contributed by atoms with Crippen molar-refractivity contribution >= 4 is 5.97 Å². The third kappa shape index (κ3) is 1.18. The highest BCUT2D eigenvalue weighted by Crippen LogP contribution is 2.52. The van der Waals surface area contributed by atoms with Crippen LogP contribution in [0.5, 0.6) is 0 Å². The van der Waals surface area contributed by atoms with Crippen LogP contribution in [0.4, 0.5) is 0 Å². The van der Waals surface area contributed by atoms with Crippen LogP contribution in [0.3, 0.4) is 0 Å². The first-order valence-electron chi connectivity index (χ1n) is 5.74. The van der Waals surface area contributed by atoms with Crippen molar-refractivity contribution in [2.75, 3.05) is 13.1 Å². The average Bonchev–Trinajstić information content (AvgIpc) is 2.62. The molecule has 0 aromatic rings. The molecule has 3 rings (SSSR count). The monoisotopic (exact) mass is 195 g/mol. The topological polar surface area (TPSA) is 40.5 Å². The molecule has 2 aliphatic carbocycles. The molecule has 1 aliphatic heterocycles. The molecular weight excluding hydrogens is 178 g/mol. The van der Waals surface area contributed by atoms with E-state index in [1.54, 1.807) is 0 Å². The maximum absolute atomic E-state index is 10.8. The van der Waals surface area contributed by atoms with Gasteiger partial charge in [0.1, 0.15) is 0 Å². The molecular formula is C11H17NO2. The van der Waals surface area contributed by atoms with Crippen LogP contribution in [0.15, 0.2) is 0 Å². The second-order valence-electron chi connectivity index (χ2n) is 5.08. The van der Waals surface area contributed by atoms with Crippen LogP contribution in [-0.2, 0) is 4.79 Å². The van der Waals surface area contributed by atoms with E-state index in [1.807, 2.05) is 0 Å². The van der Waals surface area contributed by atoms with Crippen molar-refractivity contribution in [2.24, 2.45) is 17.8 Å². The van der Waals surface area contributed by atoms with E-state index in [1.165, 1.54) is 25.7 Å². The molecule has 2 saturated carbocycles. The summed E-state index contributed by atoms with van der Waals surface area (Å²) in [6, 6.07) is 0.789. The average molecular weight is 195 g/mol. The van der Waals surface area contributed by atoms with Crippen molar-refractivity contribution in [3.05, 3.63) is 0 Å². The lowest BCUT2D eigenvalue weighted by Gasteiger charge is -2.25. The van der Waals surface area contributed by atoms with Crippen LogP contribution >= 0.6 is 0 Å². The van der Waals surface area contributed by atoms with Crippen molar-refractivity contribution < 1.29 is 9.90 Å². The Kier molecular flexibility index (Phi) is 1.84. The molecule has 3 fully saturated rings. The van der Waals surface area contributed by atoms with Crippen LogP contribution in [0.1, 0.15) is 25.7 Å². The minimum Gasteiger partial charge on any atom is -0.481 e. The molecule has 14 heavy (non-hydrogen) atoms. The minimum atomic E-state index is -0.564. The van der Waals surface area contributed by atoms with Crippen LogP contribution in [0.25, 0.3) is 0 Å². The van der Waals surface area contributed by atoms with Crippen molar-refractivity contribution in [1.82, 2.24) is 4.90 Å². The van der Waals surface area contributed by atoms with Crippen molar-refractivity contribution in [3.8, 4) is 0 Å². The summed E-state index contributed by atoms with van der Waals surface area (Å²) < 4.78 is 0. The first-order chi connectivity index (χ1) is 6.77. The Bertz CT molecular complexity index is 248. The molecule has 78 valence electrons. The molecule has 0 aromatic heterocycles. The second kappa shape index (κ2) is 2.96. The van der Waals surface area contributed by atoms with Gasteiger partial charge in [0.25, 0.3) is 0 Å². The van der Waals surface area contributed by atoms with Gasteiger partial charge in [-0.2, -0.15) is 0 Å². The Morgan fingerprint density at radius 1 is 1.14 bits per heavy atom. The maximum Gasteiger partial charge on any atom is 0.307 e. The molecule has 0 amide bonds. The summed E-state index contributed by atoms with van der Waals surface area (Å²) in [7, 11) is 0. The van der Waals surface area contributed by atoms with E-state index >= 15 is 0 Å². The molecule has 3 aliphatic rings. The maximum atomic E-state index is 10.8. The first kappa shape index (κ1) is 8.72. The summed E-state index contributed by atoms with van der Waals surface area (Å²) in [5.41, 5.74) is 0. The largest absolute Gasteiger partial charge is 0.481 e. The fraction of sp³-hybridized carbons (Fsp3) is 0.909. The number of carboxylic acids is 1. The molecule has 3 heteroatoms. The van der Waals surface area contributed by atoms with Gasteiger partial charge in [-0.15, -0.1) is 0 Å². The van der Waals surface area contributed by atoms with Crippen LogP contribution in [-0.4, -0.2) is 35.1 Å². The van der Waals surface area contributed by atoms with Crippen molar-refractivity contribution in [2.45, 2.75) is 31.7 Å². The highest BCUT2D eigenvalue weighted by atomic mass is 16.4. The van der Waals surface area contributed by atoms with Gasteiger partial charge in [0.2, 0.25) is 0 Å². The Morgan fingerprint density at radius 2 is 1.71 bits per heavy atom. The van der Waals surface area contributed by atoms with Crippen LogP contribution in [0, 0.1) is 17.8 Å². The summed E-state index contributed by atoms with van der Waals surface area (Å²) in [5.74, 6) is 0.430. The van der Waals surface area contributed by atoms with Gasteiger partial charge in [0, 0.05) is 19.1 Å². The number of carboxylic acid groups (broad SMARTS) is 1. The normalized spacial score (nSPS) is 42.7. The third-order valence-corrected chi connectivity index (χ3v) is 4.35. The number of carbonyl (C=O) groups is 1. The number of fused-ring (bicyclic) bond motifs is 1. The number of rotatable bonds is 2. The molecule has 2 unspecified atom stereocenters. The summed E-state index contributed by atoms with van der Waals surface area (Å²) in [6.45, 7) is 2.12. The van der Waals surface area contributed by atoms with Crippen LogP contribution < -0.4 is 0 Å². The molecule has 0 radical (unpaired) electrons. The molecule has 0 spiro atoms. The number of piperidine rings is 1. The molecule has 3 nitrogen and oxygen atoms in total. The smallest absolute Gasteiger partial charge is 0.307 e. The van der Waals surface area contributed by atoms with Gasteiger partial charge in [0.05, 0.1) is 5.92 Å². The van der Waals surface area contributed by atoms with E-state index < -0.39 is 5.97 Å². The van der Waals surface area contributed by atoms with Gasteiger partial charge in [0.15, 0.2) is 0 Å². The summed E-state index contributed by atoms with van der Waals surface area (Å²) in [4.78, 5) is 13.3. The van der Waals surface area contributed by atoms with Crippen molar-refractivity contribution in [1.29, 1.82) is 0 Å². The molecule has 1 N–H and O–H groups in total. The number of hydrogen-bond acceptors (Lipinski definition) is 2. The number of hydrogen-bond donors (Lipinski definition) is 1. The zero-order chi connectivity index (χ0) is 9.71. The summed E-state index contributed by atoms with van der Waals surface area (Å²) in [6.07, 6.45) is 5.44. The molecule has 0 bridgehead atoms. The fourth-order valence-corrected chi connectivity index (χ4v) is 3.49. The van der Waals surface area contributed by atoms with E-state index in [0.717, 1.165) is 19.1 Å². The lowest BCUT2D eigenvalue weighted by Crippen LogP contribution is -2.34. The number of aliphatic carboxylic acids is 1. The number of likely N-dealkylation sites (tertiary alicyclic amines) is 1. The van der Waals surface area contributed by atoms with E-state index in [4.69, 9.17) is 5.11 Å². The van der Waals surface area contributed by atoms with E-state index in [-0.39, 0.29) is 5.92 Å². The number of nitrogens with zero attached hydrogens (tertiary/aromatic N) is 1. The summed E-state index contributed by atoms with van der Waals surface area (Å²) in [5, 5.41) is 8.89. The predicted octanol–water partition coefficient (Wildman–Crippen LogP) is 1.19. The zero-order valence-electron chi connectivity index (χ0n) is 8.35. The molecule has 2 atom stereocenters. The SMILES string of the molecule is O=C(O)C1C2CN(C3CCCC3)CC21. The summed E-state index contributed by atoms with van der Waals surface area (Å²) >= 11 is 0. The van der Waals surface area contributed by atoms with Gasteiger partial charge in [-0.3, -0.25) is 9.69 Å². The van der Waals surface area contributed by atoms with Gasteiger partial charge in [-0.1, -0.05) is 12.8 Å². The van der Waals surface area contributed by atoms with Gasteiger partial charge in [-0.05, 0) is 24.7 Å². The Morgan fingerprint density at radius 3 is 2.21 bits per heavy atom. The second-order valence-corrected chi connectivity index (χ2v) is 5.08. The Hall–Kier alpha value is -0.570. The Labute approximate surface area is 84.1 Å². The molecule has 1 saturated heterocycles.